The van der Waals surface area contributed by atoms with Gasteiger partial charge >= 0.3 is 0 Å². The summed E-state index contributed by atoms with van der Waals surface area (Å²) < 4.78 is 0. The molecule has 59 valence electrons. The van der Waals surface area contributed by atoms with Crippen molar-refractivity contribution >= 4 is 11.3 Å². The molecule has 12 heavy (non-hydrogen) atoms. The number of thiophene rings is 1. The molecular formula is C11H9S. The van der Waals surface area contributed by atoms with Gasteiger partial charge < -0.3 is 0 Å². The van der Waals surface area contributed by atoms with Gasteiger partial charge in [-0.1, -0.05) is 30.3 Å². The summed E-state index contributed by atoms with van der Waals surface area (Å²) in [6.07, 6.45) is 0. The lowest BCUT2D eigenvalue weighted by atomic mass is 10.1. The molecule has 1 radical (unpaired) electrons. The Kier molecular flexibility index (Phi) is 1.96. The van der Waals surface area contributed by atoms with Crippen molar-refractivity contribution in [1.82, 2.24) is 0 Å². The molecule has 0 amide bonds. The van der Waals surface area contributed by atoms with Crippen molar-refractivity contribution in [2.24, 2.45) is 0 Å². The highest BCUT2D eigenvalue weighted by molar-refractivity contribution is 7.13. The van der Waals surface area contributed by atoms with E-state index >= 15 is 0 Å². The third-order valence-electron chi connectivity index (χ3n) is 1.83. The van der Waals surface area contributed by atoms with Crippen molar-refractivity contribution in [1.29, 1.82) is 0 Å². The molecule has 2 rings (SSSR count). The van der Waals surface area contributed by atoms with E-state index in [9.17, 15) is 0 Å². The Morgan fingerprint density at radius 1 is 1.17 bits per heavy atom. The summed E-state index contributed by atoms with van der Waals surface area (Å²) in [6, 6.07) is 12.5. The fraction of sp³-hybridized carbons (Fsp3) is 0.0909. The number of rotatable bonds is 1. The molecule has 0 N–H and O–H groups in total. The van der Waals surface area contributed by atoms with Crippen molar-refractivity contribution in [3.63, 3.8) is 0 Å². The van der Waals surface area contributed by atoms with E-state index in [1.165, 1.54) is 16.0 Å². The smallest absolute Gasteiger partial charge is 0.0452 e. The number of aryl methyl sites for hydroxylation is 1. The second-order valence-electron chi connectivity index (χ2n) is 2.74. The van der Waals surface area contributed by atoms with Gasteiger partial charge in [0, 0.05) is 10.3 Å². The van der Waals surface area contributed by atoms with E-state index < -0.39 is 0 Å². The molecule has 0 aliphatic heterocycles. The molecule has 0 atom stereocenters. The van der Waals surface area contributed by atoms with Crippen LogP contribution in [0.5, 0.6) is 0 Å². The van der Waals surface area contributed by atoms with E-state index in [-0.39, 0.29) is 0 Å². The van der Waals surface area contributed by atoms with Crippen LogP contribution >= 0.6 is 11.3 Å². The quantitative estimate of drug-likeness (QED) is 0.619. The van der Waals surface area contributed by atoms with Gasteiger partial charge in [0.05, 0.1) is 0 Å². The van der Waals surface area contributed by atoms with Crippen LogP contribution in [0.25, 0.3) is 10.4 Å². The zero-order chi connectivity index (χ0) is 8.39. The summed E-state index contributed by atoms with van der Waals surface area (Å²) >= 11 is 1.68. The van der Waals surface area contributed by atoms with Crippen LogP contribution < -0.4 is 0 Å². The number of hydrogen-bond donors (Lipinski definition) is 0. The maximum Gasteiger partial charge on any atom is 0.0452 e. The minimum absolute atomic E-state index is 1.29. The first-order valence-electron chi connectivity index (χ1n) is 3.90. The summed E-state index contributed by atoms with van der Waals surface area (Å²) in [5, 5.41) is 3.14. The van der Waals surface area contributed by atoms with Gasteiger partial charge in [0.15, 0.2) is 0 Å². The highest BCUT2D eigenvalue weighted by Gasteiger charge is 2.00. The minimum Gasteiger partial charge on any atom is -0.134 e. The molecule has 0 saturated heterocycles. The third-order valence-corrected chi connectivity index (χ3v) is 2.83. The second-order valence-corrected chi connectivity index (χ2v) is 3.59. The van der Waals surface area contributed by atoms with Gasteiger partial charge in [0.2, 0.25) is 0 Å². The topological polar surface area (TPSA) is 0 Å². The molecule has 0 saturated carbocycles. The molecule has 0 spiro atoms. The Hall–Kier alpha value is -1.08. The Morgan fingerprint density at radius 3 is 2.50 bits per heavy atom. The molecule has 1 heteroatoms. The Balaban J connectivity index is 2.51. The van der Waals surface area contributed by atoms with E-state index in [1.54, 1.807) is 11.3 Å². The van der Waals surface area contributed by atoms with Crippen molar-refractivity contribution < 1.29 is 0 Å². The molecule has 0 aliphatic carbocycles. The average molecular weight is 173 g/mol. The van der Waals surface area contributed by atoms with Gasteiger partial charge in [0.25, 0.3) is 0 Å². The minimum atomic E-state index is 1.29. The van der Waals surface area contributed by atoms with Gasteiger partial charge in [0.1, 0.15) is 0 Å². The fourth-order valence-electron chi connectivity index (χ4n) is 1.20. The maximum absolute atomic E-state index is 3.14. The number of benzene rings is 1. The Bertz CT molecular complexity index is 360. The van der Waals surface area contributed by atoms with Crippen molar-refractivity contribution in [3.8, 4) is 10.4 Å². The molecule has 0 bridgehead atoms. The lowest BCUT2D eigenvalue weighted by Crippen LogP contribution is -1.72. The Labute approximate surface area is 76.5 Å². The molecule has 0 fully saturated rings. The molecule has 2 aromatic rings. The summed E-state index contributed by atoms with van der Waals surface area (Å²) in [4.78, 5) is 1.33. The van der Waals surface area contributed by atoms with Crippen LogP contribution in [-0.2, 0) is 0 Å². The first kappa shape index (κ1) is 7.56. The fourth-order valence-corrected chi connectivity index (χ4v) is 2.03. The molecule has 0 nitrogen and oxygen atoms in total. The SMILES string of the molecule is Cc1c[c]sc1-c1ccccc1. The highest BCUT2D eigenvalue weighted by Crippen LogP contribution is 2.27. The van der Waals surface area contributed by atoms with Crippen molar-refractivity contribution in [2.45, 2.75) is 6.92 Å². The standard InChI is InChI=1S/C11H9S/c1-9-7-8-12-11(9)10-5-3-2-4-6-10/h2-7H,1H3. The predicted octanol–water partition coefficient (Wildman–Crippen LogP) is 3.52. The van der Waals surface area contributed by atoms with Crippen LogP contribution in [0.2, 0.25) is 0 Å². The van der Waals surface area contributed by atoms with Crippen LogP contribution in [0.15, 0.2) is 36.4 Å². The van der Waals surface area contributed by atoms with Crippen molar-refractivity contribution in [3.05, 3.63) is 47.3 Å². The van der Waals surface area contributed by atoms with Gasteiger partial charge in [-0.05, 0) is 24.1 Å². The normalized spacial score (nSPS) is 10.1. The molecular weight excluding hydrogens is 164 g/mol. The summed E-state index contributed by atoms with van der Waals surface area (Å²) in [5.74, 6) is 0. The van der Waals surface area contributed by atoms with Crippen LogP contribution in [0.1, 0.15) is 5.56 Å². The van der Waals surface area contributed by atoms with E-state index in [2.05, 4.69) is 36.6 Å². The predicted molar refractivity (Wildman–Crippen MR) is 53.3 cm³/mol. The van der Waals surface area contributed by atoms with Crippen LogP contribution in [0.3, 0.4) is 0 Å². The average Bonchev–Trinajstić information content (AvgIpc) is 2.53. The van der Waals surface area contributed by atoms with E-state index in [1.807, 2.05) is 12.1 Å². The van der Waals surface area contributed by atoms with Crippen LogP contribution in [0, 0.1) is 12.3 Å². The lowest BCUT2D eigenvalue weighted by Gasteiger charge is -1.97. The van der Waals surface area contributed by atoms with Gasteiger partial charge in [-0.25, -0.2) is 0 Å². The molecule has 0 aliphatic rings. The monoisotopic (exact) mass is 173 g/mol. The second kappa shape index (κ2) is 3.11. The van der Waals surface area contributed by atoms with Crippen LogP contribution in [-0.4, -0.2) is 0 Å². The van der Waals surface area contributed by atoms with E-state index in [0.717, 1.165) is 0 Å². The first-order valence-corrected chi connectivity index (χ1v) is 4.71. The zero-order valence-electron chi connectivity index (χ0n) is 6.87. The van der Waals surface area contributed by atoms with Crippen LogP contribution in [0.4, 0.5) is 0 Å². The molecule has 1 aromatic heterocycles. The highest BCUT2D eigenvalue weighted by atomic mass is 32.1. The zero-order valence-corrected chi connectivity index (χ0v) is 7.69. The number of hydrogen-bond acceptors (Lipinski definition) is 1. The molecule has 1 heterocycles. The largest absolute Gasteiger partial charge is 0.134 e. The molecule has 0 unspecified atom stereocenters. The maximum atomic E-state index is 3.14. The van der Waals surface area contributed by atoms with Gasteiger partial charge in [-0.3, -0.25) is 0 Å². The van der Waals surface area contributed by atoms with E-state index in [4.69, 9.17) is 0 Å². The van der Waals surface area contributed by atoms with Gasteiger partial charge in [-0.2, -0.15) is 0 Å². The first-order chi connectivity index (χ1) is 5.88. The lowest BCUT2D eigenvalue weighted by molar-refractivity contribution is 1.53. The summed E-state index contributed by atoms with van der Waals surface area (Å²) in [7, 11) is 0. The summed E-state index contributed by atoms with van der Waals surface area (Å²) in [6.45, 7) is 2.12. The molecule has 1 aromatic carbocycles. The van der Waals surface area contributed by atoms with Crippen molar-refractivity contribution in [2.75, 3.05) is 0 Å². The van der Waals surface area contributed by atoms with Gasteiger partial charge in [-0.15, -0.1) is 11.3 Å². The van der Waals surface area contributed by atoms with E-state index in [0.29, 0.717) is 0 Å². The third kappa shape index (κ3) is 1.28. The Morgan fingerprint density at radius 2 is 1.92 bits per heavy atom. The summed E-state index contributed by atoms with van der Waals surface area (Å²) in [5.41, 5.74) is 2.60.